The van der Waals surface area contributed by atoms with Crippen LogP contribution < -0.4 is 4.74 Å². The number of phenolic OH excluding ortho intramolecular Hbond substituents is 1. The molecule has 0 amide bonds. The van der Waals surface area contributed by atoms with E-state index >= 15 is 0 Å². The van der Waals surface area contributed by atoms with Crippen molar-refractivity contribution in [3.8, 4) is 11.5 Å². The number of ether oxygens (including phenoxy) is 4. The number of hydrogen-bond donors (Lipinski definition) is 6. The molecule has 1 heterocycles. The van der Waals surface area contributed by atoms with Gasteiger partial charge in [0.25, 0.3) is 0 Å². The van der Waals surface area contributed by atoms with Gasteiger partial charge in [-0.05, 0) is 42.3 Å². The first-order valence-corrected chi connectivity index (χ1v) is 11.9. The van der Waals surface area contributed by atoms with E-state index in [9.17, 15) is 40.2 Å². The minimum Gasteiger partial charge on any atom is -0.508 e. The van der Waals surface area contributed by atoms with Crippen molar-refractivity contribution in [3.05, 3.63) is 59.7 Å². The molecule has 1 saturated heterocycles. The Morgan fingerprint density at radius 3 is 2.16 bits per heavy atom. The summed E-state index contributed by atoms with van der Waals surface area (Å²) in [6.45, 7) is 1.68. The van der Waals surface area contributed by atoms with Crippen molar-refractivity contribution in [3.63, 3.8) is 0 Å². The van der Waals surface area contributed by atoms with Gasteiger partial charge in [-0.15, -0.1) is 0 Å². The molecule has 208 valence electrons. The van der Waals surface area contributed by atoms with Gasteiger partial charge in [0.05, 0.1) is 6.61 Å². The van der Waals surface area contributed by atoms with Gasteiger partial charge in [-0.25, -0.2) is 4.79 Å². The van der Waals surface area contributed by atoms with E-state index in [0.29, 0.717) is 11.1 Å². The van der Waals surface area contributed by atoms with E-state index in [2.05, 4.69) is 0 Å². The highest BCUT2D eigenvalue weighted by atomic mass is 16.7. The normalized spacial score (nSPS) is 25.6. The quantitative estimate of drug-likeness (QED) is 0.214. The maximum absolute atomic E-state index is 13.0. The Bertz CT molecular complexity index is 1070. The fraction of sp³-hybridized carbons (Fsp3) is 0.462. The molecule has 2 aromatic carbocycles. The first-order valence-electron chi connectivity index (χ1n) is 11.9. The zero-order valence-corrected chi connectivity index (χ0v) is 20.8. The lowest BCUT2D eigenvalue weighted by Gasteiger charge is -2.39. The number of aliphatic hydroxyl groups is 5. The van der Waals surface area contributed by atoms with Gasteiger partial charge in [0.2, 0.25) is 11.9 Å². The second kappa shape index (κ2) is 12.5. The number of phenols is 1. The molecule has 7 atom stereocenters. The molecular weight excluding hydrogens is 504 g/mol. The molecule has 2 aromatic rings. The Hall–Kier alpha value is -3.26. The summed E-state index contributed by atoms with van der Waals surface area (Å²) in [5.74, 6) is -1.49. The minimum atomic E-state index is -2.21. The van der Waals surface area contributed by atoms with Crippen LogP contribution in [0.1, 0.15) is 25.0 Å². The van der Waals surface area contributed by atoms with Crippen molar-refractivity contribution in [2.24, 2.45) is 0 Å². The summed E-state index contributed by atoms with van der Waals surface area (Å²) in [5.41, 5.74) is -1.21. The number of benzene rings is 2. The van der Waals surface area contributed by atoms with E-state index in [-0.39, 0.29) is 24.5 Å². The first-order chi connectivity index (χ1) is 17.9. The number of hydrogen-bond acceptors (Lipinski definition) is 12. The molecule has 38 heavy (non-hydrogen) atoms. The van der Waals surface area contributed by atoms with Gasteiger partial charge in [0.15, 0.2) is 0 Å². The SMILES string of the molecule is CC(=O)O[C@H](C)[C@](O)(Cc1ccc(O)cc1)C(=O)OCc1ccc(O[C@H]2O[C@@H](CO)[C@@H](O)[C@@H](O)[C@H]2O)cc1. The molecule has 6 N–H and O–H groups in total. The van der Waals surface area contributed by atoms with E-state index in [1.807, 2.05) is 0 Å². The highest BCUT2D eigenvalue weighted by Gasteiger charge is 2.46. The predicted molar refractivity (Wildman–Crippen MR) is 129 cm³/mol. The molecule has 1 aliphatic heterocycles. The Labute approximate surface area is 218 Å². The maximum Gasteiger partial charge on any atom is 0.342 e. The topological polar surface area (TPSA) is 192 Å². The monoisotopic (exact) mass is 536 g/mol. The average molecular weight is 537 g/mol. The van der Waals surface area contributed by atoms with E-state index in [0.717, 1.165) is 6.92 Å². The number of carbonyl (C=O) groups is 2. The Morgan fingerprint density at radius 2 is 1.58 bits per heavy atom. The van der Waals surface area contributed by atoms with Crippen LogP contribution in [-0.4, -0.2) is 91.6 Å². The molecule has 0 aromatic heterocycles. The van der Waals surface area contributed by atoms with E-state index in [1.165, 1.54) is 43.3 Å². The summed E-state index contributed by atoms with van der Waals surface area (Å²) in [4.78, 5) is 24.4. The highest BCUT2D eigenvalue weighted by molar-refractivity contribution is 5.81. The van der Waals surface area contributed by atoms with Gasteiger partial charge in [-0.2, -0.15) is 0 Å². The largest absolute Gasteiger partial charge is 0.508 e. The van der Waals surface area contributed by atoms with Crippen molar-refractivity contribution >= 4 is 11.9 Å². The zero-order valence-electron chi connectivity index (χ0n) is 20.8. The summed E-state index contributed by atoms with van der Waals surface area (Å²) < 4.78 is 21.2. The Morgan fingerprint density at radius 1 is 0.974 bits per heavy atom. The summed E-state index contributed by atoms with van der Waals surface area (Å²) in [7, 11) is 0. The van der Waals surface area contributed by atoms with Gasteiger partial charge in [0.1, 0.15) is 48.6 Å². The van der Waals surface area contributed by atoms with Crippen LogP contribution in [0.3, 0.4) is 0 Å². The van der Waals surface area contributed by atoms with Crippen LogP contribution >= 0.6 is 0 Å². The summed E-state index contributed by atoms with van der Waals surface area (Å²) in [6.07, 6.45) is -8.62. The second-order valence-corrected chi connectivity index (χ2v) is 9.05. The number of aromatic hydroxyl groups is 1. The predicted octanol–water partition coefficient (Wildman–Crippen LogP) is -0.460. The fourth-order valence-corrected chi connectivity index (χ4v) is 3.89. The molecule has 12 heteroatoms. The van der Waals surface area contributed by atoms with Crippen LogP contribution in [0.5, 0.6) is 11.5 Å². The fourth-order valence-electron chi connectivity index (χ4n) is 3.89. The van der Waals surface area contributed by atoms with Crippen LogP contribution in [0.25, 0.3) is 0 Å². The molecule has 0 saturated carbocycles. The lowest BCUT2D eigenvalue weighted by Crippen LogP contribution is -2.60. The molecule has 0 spiro atoms. The standard InChI is InChI=1S/C26H32O12/c1-14(36-15(2)28)26(34,11-16-3-7-18(29)8-4-16)25(33)35-13-17-5-9-19(10-6-17)37-24-23(32)22(31)21(30)20(12-27)38-24/h3-10,14,20-24,27,29-32,34H,11-13H2,1-2H3/t14-,20+,21-,22-,23-,24+,26-/m1/s1. The lowest BCUT2D eigenvalue weighted by molar-refractivity contribution is -0.277. The van der Waals surface area contributed by atoms with Crippen LogP contribution in [0, 0.1) is 0 Å². The third-order valence-corrected chi connectivity index (χ3v) is 6.17. The van der Waals surface area contributed by atoms with Crippen molar-refractivity contribution in [2.45, 2.75) is 69.3 Å². The number of aliphatic hydroxyl groups excluding tert-OH is 4. The Kier molecular flexibility index (Phi) is 9.66. The number of rotatable bonds is 10. The van der Waals surface area contributed by atoms with Gasteiger partial charge in [0, 0.05) is 13.3 Å². The van der Waals surface area contributed by atoms with Gasteiger partial charge < -0.3 is 49.6 Å². The van der Waals surface area contributed by atoms with Crippen molar-refractivity contribution in [1.82, 2.24) is 0 Å². The molecule has 0 bridgehead atoms. The van der Waals surface area contributed by atoms with Gasteiger partial charge in [-0.3, -0.25) is 4.79 Å². The molecule has 3 rings (SSSR count). The van der Waals surface area contributed by atoms with Crippen molar-refractivity contribution < 1.29 is 59.2 Å². The third kappa shape index (κ3) is 6.98. The lowest BCUT2D eigenvalue weighted by atomic mass is 9.89. The number of carbonyl (C=O) groups excluding carboxylic acids is 2. The first kappa shape index (κ1) is 29.3. The van der Waals surface area contributed by atoms with Crippen molar-refractivity contribution in [1.29, 1.82) is 0 Å². The van der Waals surface area contributed by atoms with Crippen LogP contribution in [-0.2, 0) is 36.8 Å². The van der Waals surface area contributed by atoms with E-state index in [1.54, 1.807) is 12.1 Å². The van der Waals surface area contributed by atoms with Crippen molar-refractivity contribution in [2.75, 3.05) is 6.61 Å². The summed E-state index contributed by atoms with van der Waals surface area (Å²) in [6, 6.07) is 11.9. The summed E-state index contributed by atoms with van der Waals surface area (Å²) in [5, 5.41) is 59.9. The van der Waals surface area contributed by atoms with E-state index < -0.39 is 61.0 Å². The smallest absolute Gasteiger partial charge is 0.342 e. The molecule has 1 fully saturated rings. The average Bonchev–Trinajstić information content (AvgIpc) is 2.89. The molecular formula is C26H32O12. The molecule has 0 unspecified atom stereocenters. The molecule has 0 radical (unpaired) electrons. The van der Waals surface area contributed by atoms with Gasteiger partial charge in [-0.1, -0.05) is 24.3 Å². The zero-order chi connectivity index (χ0) is 28.0. The van der Waals surface area contributed by atoms with Gasteiger partial charge >= 0.3 is 11.9 Å². The van der Waals surface area contributed by atoms with E-state index in [4.69, 9.17) is 18.9 Å². The molecule has 12 nitrogen and oxygen atoms in total. The molecule has 1 aliphatic rings. The summed E-state index contributed by atoms with van der Waals surface area (Å²) >= 11 is 0. The van der Waals surface area contributed by atoms with Crippen LogP contribution in [0.2, 0.25) is 0 Å². The second-order valence-electron chi connectivity index (χ2n) is 9.05. The molecule has 0 aliphatic carbocycles. The minimum absolute atomic E-state index is 0.00636. The highest BCUT2D eigenvalue weighted by Crippen LogP contribution is 2.26. The number of esters is 2. The third-order valence-electron chi connectivity index (χ3n) is 6.17. The van der Waals surface area contributed by atoms with Crippen LogP contribution in [0.15, 0.2) is 48.5 Å². The maximum atomic E-state index is 13.0. The van der Waals surface area contributed by atoms with Crippen LogP contribution in [0.4, 0.5) is 0 Å². The Balaban J connectivity index is 1.65.